The third-order valence-corrected chi connectivity index (χ3v) is 5.98. The lowest BCUT2D eigenvalue weighted by Gasteiger charge is -2.15. The third-order valence-electron chi connectivity index (χ3n) is 4.21. The highest BCUT2D eigenvalue weighted by Crippen LogP contribution is 2.19. The van der Waals surface area contributed by atoms with Gasteiger partial charge in [0.15, 0.2) is 15.8 Å². The Labute approximate surface area is 163 Å². The largest absolute Gasteiger partial charge is 0.361 e. The maximum absolute atomic E-state index is 13.2. The molecular formula is C16H22FIN4O2S. The summed E-state index contributed by atoms with van der Waals surface area (Å²) in [6.07, 6.45) is 3.23. The summed E-state index contributed by atoms with van der Waals surface area (Å²) >= 11 is 0. The number of aliphatic imine (C=N–C) groups is 1. The van der Waals surface area contributed by atoms with Crippen molar-refractivity contribution in [1.82, 2.24) is 15.6 Å². The van der Waals surface area contributed by atoms with Gasteiger partial charge >= 0.3 is 0 Å². The van der Waals surface area contributed by atoms with Gasteiger partial charge in [-0.25, -0.2) is 12.8 Å². The van der Waals surface area contributed by atoms with Gasteiger partial charge in [0.25, 0.3) is 0 Å². The number of H-pyrrole nitrogens is 1. The highest BCUT2D eigenvalue weighted by Gasteiger charge is 2.28. The number of hydrogen-bond acceptors (Lipinski definition) is 3. The van der Waals surface area contributed by atoms with Crippen LogP contribution in [0.15, 0.2) is 29.4 Å². The van der Waals surface area contributed by atoms with Crippen LogP contribution in [0.2, 0.25) is 0 Å². The summed E-state index contributed by atoms with van der Waals surface area (Å²) in [5.41, 5.74) is 1.88. The first-order valence-electron chi connectivity index (χ1n) is 7.90. The number of aromatic amines is 1. The molecule has 2 aromatic rings. The first kappa shape index (κ1) is 20.0. The third kappa shape index (κ3) is 5.06. The van der Waals surface area contributed by atoms with E-state index >= 15 is 0 Å². The number of nitrogens with zero attached hydrogens (tertiary/aromatic N) is 1. The van der Waals surface area contributed by atoms with Crippen LogP contribution in [0, 0.1) is 5.82 Å². The molecule has 9 heteroatoms. The summed E-state index contributed by atoms with van der Waals surface area (Å²) in [5.74, 6) is 0.725. The Morgan fingerprint density at radius 1 is 1.44 bits per heavy atom. The zero-order valence-corrected chi connectivity index (χ0v) is 17.0. The lowest BCUT2D eigenvalue weighted by Crippen LogP contribution is -2.44. The van der Waals surface area contributed by atoms with Gasteiger partial charge in [0.05, 0.1) is 11.5 Å². The van der Waals surface area contributed by atoms with Gasteiger partial charge in [-0.1, -0.05) is 0 Å². The summed E-state index contributed by atoms with van der Waals surface area (Å²) in [6, 6.07) is 4.62. The number of aromatic nitrogens is 1. The van der Waals surface area contributed by atoms with E-state index < -0.39 is 9.84 Å². The van der Waals surface area contributed by atoms with Gasteiger partial charge in [-0.2, -0.15) is 0 Å². The highest BCUT2D eigenvalue weighted by atomic mass is 127. The van der Waals surface area contributed by atoms with E-state index in [0.29, 0.717) is 18.9 Å². The van der Waals surface area contributed by atoms with Gasteiger partial charge in [-0.15, -0.1) is 24.0 Å². The molecule has 2 heterocycles. The lowest BCUT2D eigenvalue weighted by atomic mass is 10.1. The van der Waals surface area contributed by atoms with E-state index in [9.17, 15) is 12.8 Å². The van der Waals surface area contributed by atoms with Crippen molar-refractivity contribution < 1.29 is 12.8 Å². The predicted octanol–water partition coefficient (Wildman–Crippen LogP) is 1.82. The minimum absolute atomic E-state index is 0. The molecule has 3 rings (SSSR count). The normalized spacial score (nSPS) is 19.6. The average Bonchev–Trinajstić information content (AvgIpc) is 3.09. The summed E-state index contributed by atoms with van der Waals surface area (Å²) in [4.78, 5) is 7.20. The van der Waals surface area contributed by atoms with Crippen LogP contribution >= 0.6 is 24.0 Å². The molecule has 1 aliphatic heterocycles. The Hall–Kier alpha value is -1.36. The van der Waals surface area contributed by atoms with E-state index in [0.717, 1.165) is 22.9 Å². The molecule has 6 nitrogen and oxygen atoms in total. The van der Waals surface area contributed by atoms with E-state index in [-0.39, 0.29) is 47.3 Å². The number of hydrogen-bond donors (Lipinski definition) is 3. The molecule has 1 saturated heterocycles. The predicted molar refractivity (Wildman–Crippen MR) is 109 cm³/mol. The molecule has 0 amide bonds. The van der Waals surface area contributed by atoms with Crippen LogP contribution in [0.1, 0.15) is 12.0 Å². The van der Waals surface area contributed by atoms with Crippen LogP contribution in [-0.2, 0) is 16.3 Å². The average molecular weight is 480 g/mol. The first-order chi connectivity index (χ1) is 11.5. The molecule has 1 aliphatic rings. The van der Waals surface area contributed by atoms with Gasteiger partial charge in [0.1, 0.15) is 5.82 Å². The Morgan fingerprint density at radius 3 is 2.92 bits per heavy atom. The van der Waals surface area contributed by atoms with Crippen molar-refractivity contribution in [2.45, 2.75) is 18.9 Å². The Balaban J connectivity index is 0.00000225. The zero-order valence-electron chi connectivity index (χ0n) is 13.9. The fourth-order valence-electron chi connectivity index (χ4n) is 2.98. The number of halogens is 2. The zero-order chi connectivity index (χ0) is 17.2. The monoisotopic (exact) mass is 480 g/mol. The first-order valence-corrected chi connectivity index (χ1v) is 9.72. The quantitative estimate of drug-likeness (QED) is 0.354. The summed E-state index contributed by atoms with van der Waals surface area (Å²) < 4.78 is 36.2. The van der Waals surface area contributed by atoms with E-state index in [1.54, 1.807) is 13.1 Å². The molecule has 0 aliphatic carbocycles. The molecule has 1 fully saturated rings. The van der Waals surface area contributed by atoms with Gasteiger partial charge in [-0.3, -0.25) is 4.99 Å². The van der Waals surface area contributed by atoms with E-state index in [4.69, 9.17) is 0 Å². The van der Waals surface area contributed by atoms with Crippen molar-refractivity contribution in [3.05, 3.63) is 35.8 Å². The van der Waals surface area contributed by atoms with Crippen molar-refractivity contribution >= 4 is 50.7 Å². The number of guanidine groups is 1. The number of sulfone groups is 1. The molecule has 0 spiro atoms. The minimum Gasteiger partial charge on any atom is -0.361 e. The summed E-state index contributed by atoms with van der Waals surface area (Å²) in [7, 11) is -1.25. The van der Waals surface area contributed by atoms with Crippen LogP contribution in [-0.4, -0.2) is 50.5 Å². The van der Waals surface area contributed by atoms with Crippen LogP contribution in [0.4, 0.5) is 4.39 Å². The number of fused-ring (bicyclic) bond motifs is 1. The summed E-state index contributed by atoms with van der Waals surface area (Å²) in [5, 5.41) is 7.35. The molecule has 25 heavy (non-hydrogen) atoms. The van der Waals surface area contributed by atoms with Gasteiger partial charge in [0, 0.05) is 36.7 Å². The van der Waals surface area contributed by atoms with Crippen LogP contribution in [0.5, 0.6) is 0 Å². The van der Waals surface area contributed by atoms with E-state index in [1.165, 1.54) is 12.1 Å². The lowest BCUT2D eigenvalue weighted by molar-refractivity contribution is 0.599. The standard InChI is InChI=1S/C16H21FN4O2S.HI/c1-18-16(21-13-5-7-24(22,23)10-13)19-6-4-11-9-20-15-8-12(17)2-3-14(11)15;/h2-3,8-9,13,20H,4-7,10H2,1H3,(H2,18,19,21);1H. The van der Waals surface area contributed by atoms with Crippen molar-refractivity contribution in [3.8, 4) is 0 Å². The smallest absolute Gasteiger partial charge is 0.191 e. The van der Waals surface area contributed by atoms with E-state index in [1.807, 2.05) is 6.20 Å². The minimum atomic E-state index is -2.91. The Morgan fingerprint density at radius 2 is 2.24 bits per heavy atom. The Kier molecular flexibility index (Phi) is 6.66. The SMILES string of the molecule is CN=C(NCCc1c[nH]c2cc(F)ccc12)NC1CCS(=O)(=O)C1.I. The highest BCUT2D eigenvalue weighted by molar-refractivity contribution is 14.0. The van der Waals surface area contributed by atoms with Gasteiger partial charge in [-0.05, 0) is 36.6 Å². The van der Waals surface area contributed by atoms with Crippen molar-refractivity contribution in [2.75, 3.05) is 25.1 Å². The molecule has 1 unspecified atom stereocenters. The second-order valence-electron chi connectivity index (χ2n) is 6.00. The molecule has 0 saturated carbocycles. The molecule has 1 atom stereocenters. The Bertz CT molecular complexity index is 866. The second kappa shape index (κ2) is 8.35. The maximum Gasteiger partial charge on any atom is 0.191 e. The number of benzene rings is 1. The van der Waals surface area contributed by atoms with E-state index in [2.05, 4.69) is 20.6 Å². The van der Waals surface area contributed by atoms with Gasteiger partial charge < -0.3 is 15.6 Å². The van der Waals surface area contributed by atoms with Crippen LogP contribution in [0.25, 0.3) is 10.9 Å². The molecule has 0 bridgehead atoms. The number of nitrogens with one attached hydrogen (secondary N) is 3. The molecule has 138 valence electrons. The van der Waals surface area contributed by atoms with Crippen molar-refractivity contribution in [3.63, 3.8) is 0 Å². The van der Waals surface area contributed by atoms with Crippen molar-refractivity contribution in [1.29, 1.82) is 0 Å². The molecule has 0 radical (unpaired) electrons. The van der Waals surface area contributed by atoms with Crippen LogP contribution in [0.3, 0.4) is 0 Å². The number of rotatable bonds is 4. The fraction of sp³-hybridized carbons (Fsp3) is 0.438. The second-order valence-corrected chi connectivity index (χ2v) is 8.23. The fourth-order valence-corrected chi connectivity index (χ4v) is 4.65. The molecule has 3 N–H and O–H groups in total. The topological polar surface area (TPSA) is 86.3 Å². The maximum atomic E-state index is 13.2. The van der Waals surface area contributed by atoms with Crippen LogP contribution < -0.4 is 10.6 Å². The summed E-state index contributed by atoms with van der Waals surface area (Å²) in [6.45, 7) is 0.642. The molecule has 1 aromatic heterocycles. The van der Waals surface area contributed by atoms with Gasteiger partial charge in [0.2, 0.25) is 0 Å². The molecule has 1 aromatic carbocycles. The van der Waals surface area contributed by atoms with Crippen molar-refractivity contribution in [2.24, 2.45) is 4.99 Å². The molecular weight excluding hydrogens is 458 g/mol.